The molecule has 1 atom stereocenters. The molecule has 0 saturated carbocycles. The number of halogens is 1. The molecule has 0 saturated heterocycles. The zero-order valence-electron chi connectivity index (χ0n) is 13.8. The number of methoxy groups -OCH3 is 1. The number of aromatic nitrogens is 1. The van der Waals surface area contributed by atoms with Crippen molar-refractivity contribution in [1.82, 2.24) is 10.3 Å². The van der Waals surface area contributed by atoms with Crippen LogP contribution < -0.4 is 10.1 Å². The largest absolute Gasteiger partial charge is 0.497 e. The Balaban J connectivity index is 1.77. The fourth-order valence-electron chi connectivity index (χ4n) is 2.64. The number of ketones is 1. The average Bonchev–Trinajstić information content (AvgIpc) is 3.03. The smallest absolute Gasteiger partial charge is 0.292 e. The molecule has 0 aliphatic rings. The minimum Gasteiger partial charge on any atom is -0.497 e. The van der Waals surface area contributed by atoms with E-state index in [9.17, 15) is 9.59 Å². The summed E-state index contributed by atoms with van der Waals surface area (Å²) in [4.78, 5) is 27.8. The van der Waals surface area contributed by atoms with Gasteiger partial charge in [-0.1, -0.05) is 23.7 Å². The summed E-state index contributed by atoms with van der Waals surface area (Å²) in [6.45, 7) is 1.82. The topological polar surface area (TPSA) is 71.2 Å². The summed E-state index contributed by atoms with van der Waals surface area (Å²) in [7, 11) is 1.59. The van der Waals surface area contributed by atoms with Gasteiger partial charge >= 0.3 is 0 Å². The molecule has 0 fully saturated rings. The fourth-order valence-corrected chi connectivity index (χ4v) is 2.81. The Bertz CT molecular complexity index is 931. The molecule has 0 aliphatic heterocycles. The van der Waals surface area contributed by atoms with Gasteiger partial charge in [-0.15, -0.1) is 0 Å². The third-order valence-electron chi connectivity index (χ3n) is 4.06. The number of hydrogen-bond acceptors (Lipinski definition) is 3. The van der Waals surface area contributed by atoms with Crippen LogP contribution in [0.15, 0.2) is 48.7 Å². The van der Waals surface area contributed by atoms with Crippen LogP contribution in [-0.2, 0) is 4.79 Å². The summed E-state index contributed by atoms with van der Waals surface area (Å²) < 4.78 is 5.11. The van der Waals surface area contributed by atoms with Crippen LogP contribution in [0.1, 0.15) is 28.9 Å². The number of Topliss-reactive ketones (excluding diaryl/α,β-unsaturated/α-hetero) is 1. The lowest BCUT2D eigenvalue weighted by molar-refractivity contribution is -0.117. The van der Waals surface area contributed by atoms with E-state index in [2.05, 4.69) is 10.3 Å². The number of benzene rings is 2. The Morgan fingerprint density at radius 3 is 2.56 bits per heavy atom. The number of H-pyrrole nitrogens is 1. The van der Waals surface area contributed by atoms with Gasteiger partial charge in [0.15, 0.2) is 0 Å². The number of carbonyl (C=O) groups is 2. The maximum absolute atomic E-state index is 12.5. The predicted octanol–water partition coefficient (Wildman–Crippen LogP) is 3.89. The quantitative estimate of drug-likeness (QED) is 0.538. The van der Waals surface area contributed by atoms with Crippen LogP contribution in [0.2, 0.25) is 5.02 Å². The zero-order chi connectivity index (χ0) is 18.0. The number of amides is 1. The molecule has 3 rings (SSSR count). The lowest BCUT2D eigenvalue weighted by Crippen LogP contribution is -2.33. The summed E-state index contributed by atoms with van der Waals surface area (Å²) in [5.41, 5.74) is 1.93. The van der Waals surface area contributed by atoms with Crippen LogP contribution in [0.5, 0.6) is 5.75 Å². The van der Waals surface area contributed by atoms with Gasteiger partial charge in [0, 0.05) is 22.1 Å². The van der Waals surface area contributed by atoms with Gasteiger partial charge in [0.2, 0.25) is 0 Å². The van der Waals surface area contributed by atoms with Crippen molar-refractivity contribution in [2.45, 2.75) is 13.0 Å². The molecule has 2 N–H and O–H groups in total. The first-order valence-electron chi connectivity index (χ1n) is 7.75. The first-order valence-corrected chi connectivity index (χ1v) is 8.13. The van der Waals surface area contributed by atoms with E-state index in [1.54, 1.807) is 25.3 Å². The third kappa shape index (κ3) is 3.51. The molecule has 0 bridgehead atoms. The van der Waals surface area contributed by atoms with E-state index in [4.69, 9.17) is 16.3 Å². The summed E-state index contributed by atoms with van der Waals surface area (Å²) in [6, 6.07) is 12.2. The van der Waals surface area contributed by atoms with Crippen molar-refractivity contribution in [2.24, 2.45) is 0 Å². The fraction of sp³-hybridized carbons (Fsp3) is 0.158. The van der Waals surface area contributed by atoms with Crippen LogP contribution in [0, 0.1) is 0 Å². The Labute approximate surface area is 149 Å². The highest BCUT2D eigenvalue weighted by molar-refractivity contribution is 6.45. The third-order valence-corrected chi connectivity index (χ3v) is 4.29. The molecule has 1 amide bonds. The van der Waals surface area contributed by atoms with Crippen molar-refractivity contribution in [3.05, 3.63) is 64.8 Å². The maximum atomic E-state index is 12.5. The van der Waals surface area contributed by atoms with E-state index >= 15 is 0 Å². The van der Waals surface area contributed by atoms with Gasteiger partial charge in [-0.25, -0.2) is 0 Å². The molecule has 6 heteroatoms. The number of aromatic amines is 1. The van der Waals surface area contributed by atoms with E-state index < -0.39 is 11.7 Å². The predicted molar refractivity (Wildman–Crippen MR) is 97.2 cm³/mol. The normalized spacial score (nSPS) is 12.0. The second kappa shape index (κ2) is 6.99. The SMILES string of the molecule is COc1ccc([C@@H](C)NC(=O)C(=O)c2c[nH]c3ccc(Cl)cc23)cc1. The Kier molecular flexibility index (Phi) is 4.76. The Hall–Kier alpha value is -2.79. The molecular weight excluding hydrogens is 340 g/mol. The zero-order valence-corrected chi connectivity index (χ0v) is 14.6. The maximum Gasteiger partial charge on any atom is 0.292 e. The van der Waals surface area contributed by atoms with Gasteiger partial charge in [0.1, 0.15) is 5.75 Å². The van der Waals surface area contributed by atoms with Gasteiger partial charge in [0.05, 0.1) is 18.7 Å². The van der Waals surface area contributed by atoms with Crippen LogP contribution >= 0.6 is 11.6 Å². The van der Waals surface area contributed by atoms with Crippen molar-refractivity contribution in [3.8, 4) is 5.75 Å². The van der Waals surface area contributed by atoms with E-state index in [1.165, 1.54) is 6.20 Å². The van der Waals surface area contributed by atoms with Gasteiger partial charge in [-0.2, -0.15) is 0 Å². The van der Waals surface area contributed by atoms with Gasteiger partial charge in [0.25, 0.3) is 11.7 Å². The molecule has 1 heterocycles. The molecular formula is C19H17ClN2O3. The van der Waals surface area contributed by atoms with Crippen LogP contribution in [0.4, 0.5) is 0 Å². The number of hydrogen-bond donors (Lipinski definition) is 2. The highest BCUT2D eigenvalue weighted by Crippen LogP contribution is 2.23. The highest BCUT2D eigenvalue weighted by Gasteiger charge is 2.22. The monoisotopic (exact) mass is 356 g/mol. The number of nitrogens with one attached hydrogen (secondary N) is 2. The summed E-state index contributed by atoms with van der Waals surface area (Å²) >= 11 is 5.98. The van der Waals surface area contributed by atoms with Crippen molar-refractivity contribution in [3.63, 3.8) is 0 Å². The molecule has 0 radical (unpaired) electrons. The standard InChI is InChI=1S/C19H17ClN2O3/c1-11(12-3-6-14(25-2)7-4-12)22-19(24)18(23)16-10-21-17-8-5-13(20)9-15(16)17/h3-11,21H,1-2H3,(H,22,24)/t11-/m1/s1. The first kappa shape index (κ1) is 17.0. The number of rotatable bonds is 5. The number of carbonyl (C=O) groups excluding carboxylic acids is 2. The lowest BCUT2D eigenvalue weighted by Gasteiger charge is -2.14. The van der Waals surface area contributed by atoms with Crippen LogP contribution in [-0.4, -0.2) is 23.8 Å². The van der Waals surface area contributed by atoms with E-state index in [-0.39, 0.29) is 6.04 Å². The molecule has 5 nitrogen and oxygen atoms in total. The second-order valence-electron chi connectivity index (χ2n) is 5.69. The average molecular weight is 357 g/mol. The summed E-state index contributed by atoms with van der Waals surface area (Å²) in [5.74, 6) is -0.535. The molecule has 0 unspecified atom stereocenters. The second-order valence-corrected chi connectivity index (χ2v) is 6.13. The van der Waals surface area contributed by atoms with Crippen molar-refractivity contribution in [1.29, 1.82) is 0 Å². The Morgan fingerprint density at radius 2 is 1.88 bits per heavy atom. The van der Waals surface area contributed by atoms with Crippen molar-refractivity contribution in [2.75, 3.05) is 7.11 Å². The van der Waals surface area contributed by atoms with Gasteiger partial charge in [-0.05, 0) is 42.8 Å². The van der Waals surface area contributed by atoms with E-state index in [0.29, 0.717) is 16.0 Å². The molecule has 2 aromatic carbocycles. The van der Waals surface area contributed by atoms with Gasteiger partial charge in [-0.3, -0.25) is 9.59 Å². The molecule has 0 aliphatic carbocycles. The minimum atomic E-state index is -0.663. The Morgan fingerprint density at radius 1 is 1.16 bits per heavy atom. The molecule has 1 aromatic heterocycles. The molecule has 0 spiro atoms. The lowest BCUT2D eigenvalue weighted by atomic mass is 10.1. The number of ether oxygens (including phenoxy) is 1. The van der Waals surface area contributed by atoms with Crippen LogP contribution in [0.25, 0.3) is 10.9 Å². The first-order chi connectivity index (χ1) is 12.0. The molecule has 3 aromatic rings. The van der Waals surface area contributed by atoms with Gasteiger partial charge < -0.3 is 15.0 Å². The van der Waals surface area contributed by atoms with E-state index in [0.717, 1.165) is 16.8 Å². The summed E-state index contributed by atoms with van der Waals surface area (Å²) in [5, 5.41) is 3.86. The van der Waals surface area contributed by atoms with E-state index in [1.807, 2.05) is 31.2 Å². The van der Waals surface area contributed by atoms with Crippen molar-refractivity contribution < 1.29 is 14.3 Å². The molecule has 25 heavy (non-hydrogen) atoms. The number of fused-ring (bicyclic) bond motifs is 1. The highest BCUT2D eigenvalue weighted by atomic mass is 35.5. The van der Waals surface area contributed by atoms with Crippen molar-refractivity contribution >= 4 is 34.2 Å². The van der Waals surface area contributed by atoms with Crippen LogP contribution in [0.3, 0.4) is 0 Å². The molecule has 128 valence electrons. The summed E-state index contributed by atoms with van der Waals surface area (Å²) in [6.07, 6.45) is 1.53. The minimum absolute atomic E-state index is 0.303.